The molecule has 1 heterocycles. The van der Waals surface area contributed by atoms with Gasteiger partial charge in [-0.3, -0.25) is 5.41 Å². The molecule has 1 fully saturated rings. The second-order valence-corrected chi connectivity index (χ2v) is 5.29. The van der Waals surface area contributed by atoms with Crippen LogP contribution >= 0.6 is 0 Å². The molecule has 0 radical (unpaired) electrons. The van der Waals surface area contributed by atoms with Crippen molar-refractivity contribution in [2.45, 2.75) is 32.2 Å². The molecule has 7 heteroatoms. The summed E-state index contributed by atoms with van der Waals surface area (Å²) in [6.45, 7) is 4.95. The zero-order chi connectivity index (χ0) is 15.8. The second kappa shape index (κ2) is 5.55. The third-order valence-electron chi connectivity index (χ3n) is 3.54. The van der Waals surface area contributed by atoms with Crippen molar-refractivity contribution < 1.29 is 17.9 Å². The van der Waals surface area contributed by atoms with Gasteiger partial charge in [0.1, 0.15) is 5.84 Å². The van der Waals surface area contributed by atoms with Gasteiger partial charge in [-0.05, 0) is 32.0 Å². The van der Waals surface area contributed by atoms with Crippen molar-refractivity contribution in [3.05, 3.63) is 29.3 Å². The fourth-order valence-electron chi connectivity index (χ4n) is 2.44. The molecule has 0 aliphatic carbocycles. The summed E-state index contributed by atoms with van der Waals surface area (Å²) in [6.07, 6.45) is -4.52. The van der Waals surface area contributed by atoms with E-state index in [-0.39, 0.29) is 17.7 Å². The zero-order valence-electron chi connectivity index (χ0n) is 11.9. The van der Waals surface area contributed by atoms with Crippen LogP contribution in [0.4, 0.5) is 18.9 Å². The smallest absolute Gasteiger partial charge is 0.384 e. The van der Waals surface area contributed by atoms with Gasteiger partial charge in [0, 0.05) is 23.8 Å². The van der Waals surface area contributed by atoms with Gasteiger partial charge < -0.3 is 15.4 Å². The van der Waals surface area contributed by atoms with Crippen LogP contribution in [0.1, 0.15) is 25.0 Å². The van der Waals surface area contributed by atoms with Gasteiger partial charge in [0.25, 0.3) is 0 Å². The van der Waals surface area contributed by atoms with Crippen LogP contribution < -0.4 is 10.6 Å². The average molecular weight is 301 g/mol. The molecule has 0 aromatic heterocycles. The van der Waals surface area contributed by atoms with E-state index in [9.17, 15) is 13.2 Å². The molecule has 116 valence electrons. The Hall–Kier alpha value is -1.76. The number of hydrogen-bond acceptors (Lipinski definition) is 3. The molecule has 4 nitrogen and oxygen atoms in total. The van der Waals surface area contributed by atoms with Crippen LogP contribution in [0.2, 0.25) is 0 Å². The lowest BCUT2D eigenvalue weighted by molar-refractivity contribution is -0.137. The Bertz CT molecular complexity index is 545. The molecule has 3 N–H and O–H groups in total. The van der Waals surface area contributed by atoms with Crippen molar-refractivity contribution in [3.8, 4) is 0 Å². The molecule has 1 aromatic carbocycles. The summed E-state index contributed by atoms with van der Waals surface area (Å²) >= 11 is 0. The summed E-state index contributed by atoms with van der Waals surface area (Å²) in [4.78, 5) is 1.97. The molecular weight excluding hydrogens is 283 g/mol. The van der Waals surface area contributed by atoms with Gasteiger partial charge in [-0.25, -0.2) is 0 Å². The first-order chi connectivity index (χ1) is 9.70. The number of ether oxygens (including phenoxy) is 1. The minimum atomic E-state index is -4.52. The number of morpholine rings is 1. The number of hydrogen-bond donors (Lipinski definition) is 2. The minimum absolute atomic E-state index is 0.00395. The van der Waals surface area contributed by atoms with Crippen LogP contribution in [0.15, 0.2) is 18.2 Å². The Balaban J connectivity index is 2.42. The molecule has 0 amide bonds. The maximum Gasteiger partial charge on any atom is 0.417 e. The molecule has 2 rings (SSSR count). The van der Waals surface area contributed by atoms with Crippen molar-refractivity contribution in [2.24, 2.45) is 5.73 Å². The van der Waals surface area contributed by atoms with Gasteiger partial charge in [-0.2, -0.15) is 13.2 Å². The number of rotatable bonds is 2. The molecule has 2 atom stereocenters. The quantitative estimate of drug-likeness (QED) is 0.652. The van der Waals surface area contributed by atoms with E-state index >= 15 is 0 Å². The minimum Gasteiger partial charge on any atom is -0.384 e. The second-order valence-electron chi connectivity index (χ2n) is 5.29. The van der Waals surface area contributed by atoms with Crippen LogP contribution in [0, 0.1) is 5.41 Å². The third-order valence-corrected chi connectivity index (χ3v) is 3.54. The fraction of sp³-hybridized carbons (Fsp3) is 0.500. The summed E-state index contributed by atoms with van der Waals surface area (Å²) in [6, 6.07) is 3.79. The van der Waals surface area contributed by atoms with Gasteiger partial charge in [0.15, 0.2) is 0 Å². The molecule has 21 heavy (non-hydrogen) atoms. The third kappa shape index (κ3) is 3.29. The van der Waals surface area contributed by atoms with E-state index < -0.39 is 17.6 Å². The summed E-state index contributed by atoms with van der Waals surface area (Å²) in [5, 5.41) is 7.39. The van der Waals surface area contributed by atoms with Crippen LogP contribution in [0.3, 0.4) is 0 Å². The number of benzene rings is 1. The Morgan fingerprint density at radius 2 is 2.05 bits per heavy atom. The van der Waals surface area contributed by atoms with E-state index in [0.717, 1.165) is 6.07 Å². The summed E-state index contributed by atoms with van der Waals surface area (Å²) in [5.41, 5.74) is 4.77. The Labute approximate surface area is 121 Å². The van der Waals surface area contributed by atoms with Crippen LogP contribution in [0.25, 0.3) is 0 Å². The topological polar surface area (TPSA) is 62.3 Å². The predicted octanol–water partition coefficient (Wildman–Crippen LogP) is 2.60. The number of nitrogens with zero attached hydrogens (tertiary/aromatic N) is 1. The molecule has 1 aliphatic rings. The van der Waals surface area contributed by atoms with Gasteiger partial charge in [-0.1, -0.05) is 0 Å². The monoisotopic (exact) mass is 301 g/mol. The van der Waals surface area contributed by atoms with Gasteiger partial charge in [0.05, 0.1) is 18.3 Å². The number of nitrogen functional groups attached to an aromatic ring is 1. The Morgan fingerprint density at radius 1 is 1.38 bits per heavy atom. The standard InChI is InChI=1S/C14H18F3N3O/c1-8-7-21-9(2)6-20(8)10-3-4-12(14(15,16)17)11(5-10)13(18)19/h3-5,8-9H,6-7H2,1-2H3,(H3,18,19). The largest absolute Gasteiger partial charge is 0.417 e. The highest BCUT2D eigenvalue weighted by atomic mass is 19.4. The number of nitrogens with two attached hydrogens (primary N) is 1. The van der Waals surface area contributed by atoms with Crippen LogP contribution in [-0.4, -0.2) is 31.1 Å². The first-order valence-corrected chi connectivity index (χ1v) is 6.64. The van der Waals surface area contributed by atoms with Gasteiger partial charge in [0.2, 0.25) is 0 Å². The highest BCUT2D eigenvalue weighted by Gasteiger charge is 2.35. The van der Waals surface area contributed by atoms with E-state index in [1.54, 1.807) is 0 Å². The number of alkyl halides is 3. The summed E-state index contributed by atoms with van der Waals surface area (Å²) < 4.78 is 44.3. The van der Waals surface area contributed by atoms with Crippen molar-refractivity contribution in [1.82, 2.24) is 0 Å². The number of amidine groups is 1. The lowest BCUT2D eigenvalue weighted by Crippen LogP contribution is -2.47. The maximum absolute atomic E-state index is 12.9. The first-order valence-electron chi connectivity index (χ1n) is 6.64. The molecule has 0 spiro atoms. The number of halogens is 3. The van der Waals surface area contributed by atoms with E-state index in [1.807, 2.05) is 18.7 Å². The maximum atomic E-state index is 12.9. The molecule has 1 saturated heterocycles. The molecule has 0 saturated carbocycles. The van der Waals surface area contributed by atoms with Crippen molar-refractivity contribution in [2.75, 3.05) is 18.1 Å². The van der Waals surface area contributed by atoms with E-state index in [0.29, 0.717) is 18.8 Å². The van der Waals surface area contributed by atoms with E-state index in [4.69, 9.17) is 15.9 Å². The zero-order valence-corrected chi connectivity index (χ0v) is 11.9. The molecule has 2 unspecified atom stereocenters. The summed E-state index contributed by atoms with van der Waals surface area (Å²) in [7, 11) is 0. The summed E-state index contributed by atoms with van der Waals surface area (Å²) in [5.74, 6) is -0.585. The van der Waals surface area contributed by atoms with Crippen molar-refractivity contribution in [3.63, 3.8) is 0 Å². The molecule has 1 aliphatic heterocycles. The average Bonchev–Trinajstić information content (AvgIpc) is 2.39. The highest BCUT2D eigenvalue weighted by Crippen LogP contribution is 2.34. The Kier molecular flexibility index (Phi) is 4.13. The SMILES string of the molecule is CC1CN(c2ccc(C(F)(F)F)c(C(=N)N)c2)C(C)CO1. The fourth-order valence-corrected chi connectivity index (χ4v) is 2.44. The molecular formula is C14H18F3N3O. The molecule has 0 bridgehead atoms. The normalized spacial score (nSPS) is 23.2. The number of nitrogens with one attached hydrogen (secondary N) is 1. The van der Waals surface area contributed by atoms with Crippen LogP contribution in [-0.2, 0) is 10.9 Å². The van der Waals surface area contributed by atoms with E-state index in [1.165, 1.54) is 12.1 Å². The van der Waals surface area contributed by atoms with Crippen molar-refractivity contribution in [1.29, 1.82) is 5.41 Å². The van der Waals surface area contributed by atoms with Gasteiger partial charge in [-0.15, -0.1) is 0 Å². The van der Waals surface area contributed by atoms with E-state index in [2.05, 4.69) is 0 Å². The molecule has 1 aromatic rings. The lowest BCUT2D eigenvalue weighted by atomic mass is 10.0. The van der Waals surface area contributed by atoms with Gasteiger partial charge >= 0.3 is 6.18 Å². The lowest BCUT2D eigenvalue weighted by Gasteiger charge is -2.38. The number of anilines is 1. The predicted molar refractivity (Wildman–Crippen MR) is 74.7 cm³/mol. The first kappa shape index (κ1) is 15.6. The van der Waals surface area contributed by atoms with Crippen molar-refractivity contribution >= 4 is 11.5 Å². The Morgan fingerprint density at radius 3 is 2.62 bits per heavy atom. The van der Waals surface area contributed by atoms with Crippen LogP contribution in [0.5, 0.6) is 0 Å². The highest BCUT2D eigenvalue weighted by molar-refractivity contribution is 5.97.